The predicted octanol–water partition coefficient (Wildman–Crippen LogP) is 0.782. The molecule has 1 amide bonds. The molecule has 3 N–H and O–H groups in total. The number of hydrogen-bond donors (Lipinski definition) is 2. The fourth-order valence-corrected chi connectivity index (χ4v) is 2.19. The minimum atomic E-state index is -0.515. The quantitative estimate of drug-likeness (QED) is 0.816. The maximum absolute atomic E-state index is 11.2. The number of carbonyl (C=O) groups is 1. The second kappa shape index (κ2) is 4.14. The van der Waals surface area contributed by atoms with Crippen LogP contribution in [-0.2, 0) is 0 Å². The summed E-state index contributed by atoms with van der Waals surface area (Å²) in [5.41, 5.74) is 6.47. The molecule has 18 heavy (non-hydrogen) atoms. The minimum Gasteiger partial charge on any atom is -0.370 e. The van der Waals surface area contributed by atoms with Crippen LogP contribution in [0.5, 0.6) is 0 Å². The number of aromatic nitrogens is 3. The van der Waals surface area contributed by atoms with E-state index in [2.05, 4.69) is 15.4 Å². The van der Waals surface area contributed by atoms with E-state index < -0.39 is 5.91 Å². The van der Waals surface area contributed by atoms with Crippen LogP contribution < -0.4 is 11.1 Å². The van der Waals surface area contributed by atoms with Gasteiger partial charge in [-0.2, -0.15) is 5.10 Å². The highest BCUT2D eigenvalue weighted by Crippen LogP contribution is 2.28. The third-order valence-electron chi connectivity index (χ3n) is 3.04. The summed E-state index contributed by atoms with van der Waals surface area (Å²) < 4.78 is 1.78. The molecule has 3 rings (SSSR count). The lowest BCUT2D eigenvalue weighted by molar-refractivity contribution is 0.0994. The lowest BCUT2D eigenvalue weighted by Gasteiger charge is -2.24. The summed E-state index contributed by atoms with van der Waals surface area (Å²) in [6.07, 6.45) is 2.64. The van der Waals surface area contributed by atoms with Crippen molar-refractivity contribution in [1.29, 1.82) is 0 Å². The zero-order valence-corrected chi connectivity index (χ0v) is 9.71. The molecule has 0 aromatic carbocycles. The smallest absolute Gasteiger partial charge is 0.269 e. The number of anilines is 1. The number of amides is 1. The highest BCUT2D eigenvalue weighted by atomic mass is 16.1. The monoisotopic (exact) mass is 243 g/mol. The van der Waals surface area contributed by atoms with Crippen LogP contribution in [0.4, 0.5) is 5.82 Å². The molecule has 0 fully saturated rings. The number of pyridine rings is 1. The Bertz CT molecular complexity index is 577. The Morgan fingerprint density at radius 2 is 2.39 bits per heavy atom. The molecule has 92 valence electrons. The standard InChI is InChI=1S/C12H13N5O/c13-12(18)9-7-11-15-6-4-10(17(11)16-9)8-3-1-2-5-14-8/h1-3,5,7,10,15H,4,6H2,(H2,13,18). The van der Waals surface area contributed by atoms with Crippen molar-refractivity contribution in [3.05, 3.63) is 41.9 Å². The fourth-order valence-electron chi connectivity index (χ4n) is 2.19. The lowest BCUT2D eigenvalue weighted by atomic mass is 10.1. The van der Waals surface area contributed by atoms with E-state index in [0.29, 0.717) is 0 Å². The Kier molecular flexibility index (Phi) is 2.47. The van der Waals surface area contributed by atoms with Gasteiger partial charge in [-0.1, -0.05) is 6.07 Å². The van der Waals surface area contributed by atoms with E-state index in [1.807, 2.05) is 18.2 Å². The Morgan fingerprint density at radius 3 is 3.11 bits per heavy atom. The van der Waals surface area contributed by atoms with Crippen LogP contribution in [0.1, 0.15) is 28.6 Å². The van der Waals surface area contributed by atoms with E-state index in [9.17, 15) is 4.79 Å². The highest BCUT2D eigenvalue weighted by molar-refractivity contribution is 5.91. The van der Waals surface area contributed by atoms with Gasteiger partial charge in [0.25, 0.3) is 5.91 Å². The van der Waals surface area contributed by atoms with Crippen molar-refractivity contribution in [1.82, 2.24) is 14.8 Å². The molecule has 1 unspecified atom stereocenters. The van der Waals surface area contributed by atoms with Crippen molar-refractivity contribution in [2.75, 3.05) is 11.9 Å². The molecule has 1 atom stereocenters. The van der Waals surface area contributed by atoms with Crippen LogP contribution in [-0.4, -0.2) is 27.2 Å². The zero-order valence-electron chi connectivity index (χ0n) is 9.71. The summed E-state index contributed by atoms with van der Waals surface area (Å²) >= 11 is 0. The minimum absolute atomic E-state index is 0.0514. The molecule has 3 heterocycles. The summed E-state index contributed by atoms with van der Waals surface area (Å²) in [7, 11) is 0. The molecular weight excluding hydrogens is 230 g/mol. The molecule has 0 saturated heterocycles. The molecule has 0 saturated carbocycles. The average Bonchev–Trinajstić information content (AvgIpc) is 2.83. The van der Waals surface area contributed by atoms with Crippen LogP contribution in [0.2, 0.25) is 0 Å². The van der Waals surface area contributed by atoms with Crippen LogP contribution in [0, 0.1) is 0 Å². The first-order valence-electron chi connectivity index (χ1n) is 5.80. The highest BCUT2D eigenvalue weighted by Gasteiger charge is 2.24. The second-order valence-electron chi connectivity index (χ2n) is 4.21. The van der Waals surface area contributed by atoms with Crippen LogP contribution >= 0.6 is 0 Å². The normalized spacial score (nSPS) is 17.9. The maximum atomic E-state index is 11.2. The molecule has 6 nitrogen and oxygen atoms in total. The molecule has 0 radical (unpaired) electrons. The van der Waals surface area contributed by atoms with Gasteiger partial charge < -0.3 is 11.1 Å². The van der Waals surface area contributed by atoms with Crippen molar-refractivity contribution in [3.8, 4) is 0 Å². The van der Waals surface area contributed by atoms with Gasteiger partial charge in [0.1, 0.15) is 5.82 Å². The van der Waals surface area contributed by atoms with Crippen molar-refractivity contribution < 1.29 is 4.79 Å². The number of nitrogens with zero attached hydrogens (tertiary/aromatic N) is 3. The maximum Gasteiger partial charge on any atom is 0.269 e. The van der Waals surface area contributed by atoms with E-state index in [1.54, 1.807) is 16.9 Å². The summed E-state index contributed by atoms with van der Waals surface area (Å²) in [5, 5.41) is 7.45. The number of rotatable bonds is 2. The van der Waals surface area contributed by atoms with E-state index in [1.165, 1.54) is 0 Å². The number of primary amides is 1. The van der Waals surface area contributed by atoms with Gasteiger partial charge in [0, 0.05) is 18.8 Å². The number of nitrogens with two attached hydrogens (primary N) is 1. The van der Waals surface area contributed by atoms with Crippen molar-refractivity contribution in [2.24, 2.45) is 5.73 Å². The molecular formula is C12H13N5O. The van der Waals surface area contributed by atoms with E-state index in [-0.39, 0.29) is 11.7 Å². The molecule has 2 aromatic rings. The van der Waals surface area contributed by atoms with Crippen LogP contribution in [0.25, 0.3) is 0 Å². The number of hydrogen-bond acceptors (Lipinski definition) is 4. The SMILES string of the molecule is NC(=O)c1cc2n(n1)C(c1ccccn1)CCN2. The zero-order chi connectivity index (χ0) is 12.5. The Hall–Kier alpha value is -2.37. The van der Waals surface area contributed by atoms with Gasteiger partial charge in [-0.25, -0.2) is 4.68 Å². The van der Waals surface area contributed by atoms with Crippen LogP contribution in [0.3, 0.4) is 0 Å². The van der Waals surface area contributed by atoms with Gasteiger partial charge in [0.15, 0.2) is 5.69 Å². The Balaban J connectivity index is 2.04. The second-order valence-corrected chi connectivity index (χ2v) is 4.21. The molecule has 1 aliphatic heterocycles. The first-order valence-corrected chi connectivity index (χ1v) is 5.80. The average molecular weight is 243 g/mol. The topological polar surface area (TPSA) is 85.8 Å². The van der Waals surface area contributed by atoms with Gasteiger partial charge in [-0.15, -0.1) is 0 Å². The summed E-state index contributed by atoms with van der Waals surface area (Å²) in [6, 6.07) is 7.52. The van der Waals surface area contributed by atoms with Crippen molar-refractivity contribution >= 4 is 11.7 Å². The molecule has 2 aromatic heterocycles. The molecule has 0 aliphatic carbocycles. The molecule has 0 bridgehead atoms. The lowest BCUT2D eigenvalue weighted by Crippen LogP contribution is -2.25. The summed E-state index contributed by atoms with van der Waals surface area (Å²) in [6.45, 7) is 0.825. The van der Waals surface area contributed by atoms with E-state index in [0.717, 1.165) is 24.5 Å². The van der Waals surface area contributed by atoms with E-state index in [4.69, 9.17) is 5.73 Å². The van der Waals surface area contributed by atoms with Gasteiger partial charge in [-0.05, 0) is 18.6 Å². The summed E-state index contributed by atoms with van der Waals surface area (Å²) in [4.78, 5) is 15.5. The van der Waals surface area contributed by atoms with E-state index >= 15 is 0 Å². The fraction of sp³-hybridized carbons (Fsp3) is 0.250. The summed E-state index contributed by atoms with van der Waals surface area (Å²) in [5.74, 6) is 0.296. The first-order chi connectivity index (χ1) is 8.75. The van der Waals surface area contributed by atoms with Gasteiger partial charge in [-0.3, -0.25) is 9.78 Å². The number of fused-ring (bicyclic) bond motifs is 1. The van der Waals surface area contributed by atoms with Crippen LogP contribution in [0.15, 0.2) is 30.5 Å². The Morgan fingerprint density at radius 1 is 1.50 bits per heavy atom. The largest absolute Gasteiger partial charge is 0.370 e. The molecule has 1 aliphatic rings. The number of carbonyl (C=O) groups excluding carboxylic acids is 1. The third kappa shape index (κ3) is 1.71. The van der Waals surface area contributed by atoms with Crippen molar-refractivity contribution in [2.45, 2.75) is 12.5 Å². The van der Waals surface area contributed by atoms with Crippen molar-refractivity contribution in [3.63, 3.8) is 0 Å². The first kappa shape index (κ1) is 10.8. The van der Waals surface area contributed by atoms with Gasteiger partial charge >= 0.3 is 0 Å². The predicted molar refractivity (Wildman–Crippen MR) is 66.2 cm³/mol. The number of nitrogens with one attached hydrogen (secondary N) is 1. The van der Waals surface area contributed by atoms with Gasteiger partial charge in [0.05, 0.1) is 11.7 Å². The van der Waals surface area contributed by atoms with Gasteiger partial charge in [0.2, 0.25) is 0 Å². The molecule has 6 heteroatoms. The molecule has 0 spiro atoms. The Labute approximate surface area is 104 Å². The third-order valence-corrected chi connectivity index (χ3v) is 3.04.